The smallest absolute Gasteiger partial charge is 0.142 e. The Morgan fingerprint density at radius 2 is 1.03 bits per heavy atom. The van der Waals surface area contributed by atoms with Crippen LogP contribution in [0.15, 0.2) is 194 Å². The van der Waals surface area contributed by atoms with Crippen molar-refractivity contribution < 1.29 is 13.2 Å². The number of benzene rings is 7. The van der Waals surface area contributed by atoms with Crippen molar-refractivity contribution >= 4 is 66.9 Å². The summed E-state index contributed by atoms with van der Waals surface area (Å²) in [5.41, 5.74) is 12.5. The van der Waals surface area contributed by atoms with Crippen LogP contribution in [0.2, 0.25) is 0 Å². The van der Waals surface area contributed by atoms with Crippen LogP contribution in [0.3, 0.4) is 0 Å². The van der Waals surface area contributed by atoms with Crippen LogP contribution in [0.1, 0.15) is 70.8 Å². The summed E-state index contributed by atoms with van der Waals surface area (Å²) in [6.07, 6.45) is 9.57. The minimum absolute atomic E-state index is 0.157. The first kappa shape index (κ1) is 39.5. The van der Waals surface area contributed by atoms with E-state index < -0.39 is 23.7 Å². The molecule has 0 saturated heterocycles. The van der Waals surface area contributed by atoms with Gasteiger partial charge in [0.2, 0.25) is 0 Å². The molecule has 3 aliphatic rings. The van der Waals surface area contributed by atoms with Gasteiger partial charge >= 0.3 is 0 Å². The van der Waals surface area contributed by atoms with Crippen LogP contribution < -0.4 is 0 Å². The maximum atomic E-state index is 17.7. The van der Waals surface area contributed by atoms with Gasteiger partial charge in [-0.25, -0.2) is 13.2 Å². The van der Waals surface area contributed by atoms with Crippen molar-refractivity contribution in [1.82, 2.24) is 13.7 Å². The van der Waals surface area contributed by atoms with E-state index in [4.69, 9.17) is 0 Å². The van der Waals surface area contributed by atoms with Crippen molar-refractivity contribution in [2.45, 2.75) is 44.2 Å². The summed E-state index contributed by atoms with van der Waals surface area (Å²) in [6.45, 7) is 2.25. The molecule has 0 radical (unpaired) electrons. The fraction of sp³-hybridized carbons (Fsp3) is 0.115. The molecule has 0 N–H and O–H groups in total. The number of aromatic nitrogens is 3. The maximum absolute atomic E-state index is 17.7. The Labute approximate surface area is 386 Å². The lowest BCUT2D eigenvalue weighted by atomic mass is 9.78. The first-order chi connectivity index (χ1) is 32.9. The van der Waals surface area contributed by atoms with Crippen LogP contribution in [0.5, 0.6) is 0 Å². The third-order valence-corrected chi connectivity index (χ3v) is 14.5. The topological polar surface area (TPSA) is 14.8 Å². The average molecular weight is 876 g/mol. The number of hydrogen-bond donors (Lipinski definition) is 0. The van der Waals surface area contributed by atoms with Gasteiger partial charge in [0.05, 0.1) is 33.6 Å². The van der Waals surface area contributed by atoms with Crippen molar-refractivity contribution in [1.29, 1.82) is 0 Å². The molecule has 0 amide bonds. The Hall–Kier alpha value is -7.83. The number of nitrogens with zero attached hydrogens (tertiary/aromatic N) is 3. The Balaban J connectivity index is 0.942. The highest BCUT2D eigenvalue weighted by atomic mass is 19.2. The van der Waals surface area contributed by atoms with E-state index in [2.05, 4.69) is 106 Å². The van der Waals surface area contributed by atoms with Gasteiger partial charge in [-0.15, -0.1) is 0 Å². The van der Waals surface area contributed by atoms with Crippen LogP contribution in [-0.4, -0.2) is 19.9 Å². The molecule has 3 unspecified atom stereocenters. The number of hydrogen-bond acceptors (Lipinski definition) is 0. The number of para-hydroxylation sites is 4. The zero-order valence-corrected chi connectivity index (χ0v) is 36.8. The fourth-order valence-corrected chi connectivity index (χ4v) is 11.5. The van der Waals surface area contributed by atoms with E-state index in [9.17, 15) is 0 Å². The SMILES string of the molecule is CC1CC=Cc2c1c1ccccc1n2-c1ccc(C2=C(F)C(c3ccc(-n4c5ccccc5c5ccccc54)cc3)C(F)C(c3ccc(-n4c5c(c6ccccc64)C=CCC5)cc3)=C2F)cc1. The van der Waals surface area contributed by atoms with E-state index >= 15 is 13.2 Å². The molecule has 3 nitrogen and oxygen atoms in total. The van der Waals surface area contributed by atoms with Crippen molar-refractivity contribution in [2.24, 2.45) is 0 Å². The number of allylic oxidation sites excluding steroid dienone is 6. The average Bonchev–Trinajstić information content (AvgIpc) is 4.01. The van der Waals surface area contributed by atoms with E-state index in [1.54, 1.807) is 36.4 Å². The molecular weight excluding hydrogens is 832 g/mol. The summed E-state index contributed by atoms with van der Waals surface area (Å²) >= 11 is 0. The summed E-state index contributed by atoms with van der Waals surface area (Å²) in [6, 6.07) is 55.5. The molecule has 0 aliphatic heterocycles. The van der Waals surface area contributed by atoms with E-state index in [1.165, 1.54) is 27.6 Å². The molecule has 10 aromatic rings. The molecule has 3 heterocycles. The van der Waals surface area contributed by atoms with Crippen molar-refractivity contribution in [3.8, 4) is 17.1 Å². The molecule has 0 saturated carbocycles. The van der Waals surface area contributed by atoms with Gasteiger partial charge in [0.1, 0.15) is 17.8 Å². The first-order valence-electron chi connectivity index (χ1n) is 23.3. The normalized spacial score (nSPS) is 18.2. The van der Waals surface area contributed by atoms with Gasteiger partial charge in [0.15, 0.2) is 0 Å². The standard InChI is InChI=1S/C61H44F3N3/c1-37-13-12-24-54-55(37)48-18-6-11-23-53(48)67(54)43-35-29-40(30-36-43)58-60(63)56(38-25-31-41(32-26-38)65-49-19-7-2-14-44(49)45-15-3-8-20-50(45)65)59(62)57(61(58)64)39-27-33-42(34-28-39)66-51-21-9-4-16-46(51)47-17-5-10-22-52(47)66/h2-9,11-12,14-21,23-37,56,59H,10,13,22H2,1H3. The van der Waals surface area contributed by atoms with Gasteiger partial charge in [0.25, 0.3) is 0 Å². The van der Waals surface area contributed by atoms with E-state index in [1.807, 2.05) is 72.8 Å². The lowest BCUT2D eigenvalue weighted by Crippen LogP contribution is -2.23. The largest absolute Gasteiger partial charge is 0.313 e. The lowest BCUT2D eigenvalue weighted by Gasteiger charge is -2.30. The molecule has 3 aliphatic carbocycles. The Morgan fingerprint density at radius 3 is 1.69 bits per heavy atom. The summed E-state index contributed by atoms with van der Waals surface area (Å²) in [7, 11) is 0. The zero-order chi connectivity index (χ0) is 44.9. The number of halogens is 3. The summed E-state index contributed by atoms with van der Waals surface area (Å²) in [4.78, 5) is 0. The molecule has 7 aromatic carbocycles. The molecule has 0 spiro atoms. The number of alkyl halides is 1. The van der Waals surface area contributed by atoms with Crippen molar-refractivity contribution in [3.63, 3.8) is 0 Å². The maximum Gasteiger partial charge on any atom is 0.142 e. The zero-order valence-electron chi connectivity index (χ0n) is 36.8. The summed E-state index contributed by atoms with van der Waals surface area (Å²) < 4.78 is 59.5. The second-order valence-electron chi connectivity index (χ2n) is 18.2. The molecule has 3 atom stereocenters. The van der Waals surface area contributed by atoms with Crippen LogP contribution in [-0.2, 0) is 6.42 Å². The van der Waals surface area contributed by atoms with Gasteiger partial charge in [0, 0.05) is 61.1 Å². The Bertz CT molecular complexity index is 3710. The molecule has 67 heavy (non-hydrogen) atoms. The predicted octanol–water partition coefficient (Wildman–Crippen LogP) is 16.3. The molecule has 324 valence electrons. The van der Waals surface area contributed by atoms with Gasteiger partial charge < -0.3 is 13.7 Å². The molecular formula is C61H44F3N3. The highest BCUT2D eigenvalue weighted by Crippen LogP contribution is 2.51. The Kier molecular flexibility index (Phi) is 9.08. The molecule has 0 bridgehead atoms. The van der Waals surface area contributed by atoms with Crippen molar-refractivity contribution in [3.05, 3.63) is 233 Å². The first-order valence-corrected chi connectivity index (χ1v) is 23.3. The van der Waals surface area contributed by atoms with Gasteiger partial charge in [-0.2, -0.15) is 0 Å². The minimum Gasteiger partial charge on any atom is -0.313 e. The minimum atomic E-state index is -2.01. The predicted molar refractivity (Wildman–Crippen MR) is 270 cm³/mol. The second-order valence-corrected chi connectivity index (χ2v) is 18.2. The van der Waals surface area contributed by atoms with Crippen LogP contribution in [0, 0.1) is 0 Å². The number of rotatable bonds is 6. The van der Waals surface area contributed by atoms with Gasteiger partial charge in [-0.05, 0) is 114 Å². The molecule has 6 heteroatoms. The highest BCUT2D eigenvalue weighted by molar-refractivity contribution is 6.09. The second kappa shape index (κ2) is 15.4. The van der Waals surface area contributed by atoms with Gasteiger partial charge in [-0.3, -0.25) is 0 Å². The van der Waals surface area contributed by atoms with E-state index in [-0.39, 0.29) is 11.1 Å². The quantitative estimate of drug-likeness (QED) is 0.158. The van der Waals surface area contributed by atoms with Gasteiger partial charge in [-0.1, -0.05) is 134 Å². The fourth-order valence-electron chi connectivity index (χ4n) is 11.5. The third-order valence-electron chi connectivity index (χ3n) is 14.5. The Morgan fingerprint density at radius 1 is 0.507 bits per heavy atom. The molecule has 13 rings (SSSR count). The van der Waals surface area contributed by atoms with Crippen LogP contribution in [0.4, 0.5) is 13.2 Å². The number of fused-ring (bicyclic) bond motifs is 9. The van der Waals surface area contributed by atoms with Crippen molar-refractivity contribution in [2.75, 3.05) is 0 Å². The molecule has 3 aromatic heterocycles. The third kappa shape index (κ3) is 5.98. The monoisotopic (exact) mass is 875 g/mol. The van der Waals surface area contributed by atoms with Crippen LogP contribution >= 0.6 is 0 Å². The highest BCUT2D eigenvalue weighted by Gasteiger charge is 2.41. The molecule has 0 fully saturated rings. The lowest BCUT2D eigenvalue weighted by molar-refractivity contribution is 0.336. The van der Waals surface area contributed by atoms with Crippen LogP contribution in [0.25, 0.3) is 84.0 Å². The summed E-state index contributed by atoms with van der Waals surface area (Å²) in [5, 5.41) is 4.61. The van der Waals surface area contributed by atoms with E-state index in [0.29, 0.717) is 22.6 Å². The van der Waals surface area contributed by atoms with E-state index in [0.717, 1.165) is 74.9 Å². The summed E-state index contributed by atoms with van der Waals surface area (Å²) in [5.74, 6) is -2.76.